The highest BCUT2D eigenvalue weighted by Gasteiger charge is 2.49. The molecule has 2 fully saturated rings. The molecule has 1 unspecified atom stereocenters. The zero-order valence-corrected chi connectivity index (χ0v) is 13.1. The van der Waals surface area contributed by atoms with Crippen LogP contribution in [0.1, 0.15) is 46.5 Å². The molecule has 0 aliphatic carbocycles. The average Bonchev–Trinajstić information content (AvgIpc) is 2.89. The highest BCUT2D eigenvalue weighted by Crippen LogP contribution is 2.38. The van der Waals surface area contributed by atoms with Crippen molar-refractivity contribution in [2.24, 2.45) is 0 Å². The van der Waals surface area contributed by atoms with Gasteiger partial charge in [-0.1, -0.05) is 0 Å². The number of nitrogens with zero attached hydrogens (tertiary/aromatic N) is 1. The fraction of sp³-hybridized carbons (Fsp3) is 0.933. The van der Waals surface area contributed by atoms with Crippen molar-refractivity contribution in [2.75, 3.05) is 20.3 Å². The molecule has 0 aromatic heterocycles. The van der Waals surface area contributed by atoms with Crippen molar-refractivity contribution in [3.05, 3.63) is 0 Å². The summed E-state index contributed by atoms with van der Waals surface area (Å²) in [7, 11) is 1.72. The predicted molar refractivity (Wildman–Crippen MR) is 77.8 cm³/mol. The molecule has 0 saturated carbocycles. The Labute approximate surface area is 122 Å². The molecule has 3 atom stereocenters. The Morgan fingerprint density at radius 1 is 1.35 bits per heavy atom. The molecule has 2 heterocycles. The van der Waals surface area contributed by atoms with E-state index >= 15 is 0 Å². The smallest absolute Gasteiger partial charge is 0.410 e. The summed E-state index contributed by atoms with van der Waals surface area (Å²) in [5, 5.41) is 3.57. The van der Waals surface area contributed by atoms with Crippen LogP contribution >= 0.6 is 0 Å². The highest BCUT2D eigenvalue weighted by molar-refractivity contribution is 5.70. The number of nitrogens with one attached hydrogen (secondary N) is 1. The van der Waals surface area contributed by atoms with E-state index in [2.05, 4.69) is 5.32 Å². The molecule has 0 spiro atoms. The van der Waals surface area contributed by atoms with E-state index in [4.69, 9.17) is 9.47 Å². The van der Waals surface area contributed by atoms with E-state index in [1.807, 2.05) is 25.7 Å². The summed E-state index contributed by atoms with van der Waals surface area (Å²) in [6.07, 6.45) is 4.12. The Bertz CT molecular complexity index is 341. The van der Waals surface area contributed by atoms with Crippen LogP contribution in [0, 0.1) is 0 Å². The van der Waals surface area contributed by atoms with Crippen molar-refractivity contribution in [2.45, 2.75) is 70.2 Å². The maximum Gasteiger partial charge on any atom is 0.410 e. The molecule has 5 heteroatoms. The lowest BCUT2D eigenvalue weighted by atomic mass is 9.95. The summed E-state index contributed by atoms with van der Waals surface area (Å²) >= 11 is 0. The molecule has 2 aliphatic heterocycles. The van der Waals surface area contributed by atoms with Gasteiger partial charge in [-0.05, 0) is 53.0 Å². The van der Waals surface area contributed by atoms with Crippen molar-refractivity contribution >= 4 is 6.09 Å². The third-order valence-electron chi connectivity index (χ3n) is 4.07. The molecule has 0 radical (unpaired) electrons. The van der Waals surface area contributed by atoms with Gasteiger partial charge in [-0.3, -0.25) is 0 Å². The fourth-order valence-corrected chi connectivity index (χ4v) is 3.31. The van der Waals surface area contributed by atoms with Gasteiger partial charge < -0.3 is 19.7 Å². The Hall–Kier alpha value is -0.810. The molecule has 20 heavy (non-hydrogen) atoms. The largest absolute Gasteiger partial charge is 0.444 e. The molecule has 2 bridgehead atoms. The maximum absolute atomic E-state index is 12.3. The number of rotatable bonds is 5. The van der Waals surface area contributed by atoms with Crippen LogP contribution in [0.5, 0.6) is 0 Å². The third-order valence-corrected chi connectivity index (χ3v) is 4.07. The Morgan fingerprint density at radius 2 is 2.10 bits per heavy atom. The van der Waals surface area contributed by atoms with Crippen molar-refractivity contribution in [1.29, 1.82) is 0 Å². The van der Waals surface area contributed by atoms with Gasteiger partial charge in [-0.15, -0.1) is 0 Å². The lowest BCUT2D eigenvalue weighted by Crippen LogP contribution is -2.45. The minimum Gasteiger partial charge on any atom is -0.444 e. The highest BCUT2D eigenvalue weighted by atomic mass is 16.6. The molecule has 0 aromatic carbocycles. The first-order valence-corrected chi connectivity index (χ1v) is 7.66. The number of carbonyl (C=O) groups excluding carboxylic acids is 1. The number of ether oxygens (including phenoxy) is 2. The summed E-state index contributed by atoms with van der Waals surface area (Å²) in [4.78, 5) is 14.3. The topological polar surface area (TPSA) is 50.8 Å². The van der Waals surface area contributed by atoms with Crippen LogP contribution in [0.4, 0.5) is 4.79 Å². The molecule has 5 nitrogen and oxygen atoms in total. The van der Waals surface area contributed by atoms with E-state index in [1.54, 1.807) is 7.11 Å². The van der Waals surface area contributed by atoms with Gasteiger partial charge in [-0.25, -0.2) is 4.79 Å². The number of methoxy groups -OCH3 is 1. The minimum absolute atomic E-state index is 0.147. The lowest BCUT2D eigenvalue weighted by molar-refractivity contribution is 0.0210. The van der Waals surface area contributed by atoms with E-state index in [-0.39, 0.29) is 6.09 Å². The second kappa shape index (κ2) is 6.31. The maximum atomic E-state index is 12.3. The van der Waals surface area contributed by atoms with Crippen LogP contribution < -0.4 is 5.32 Å². The van der Waals surface area contributed by atoms with Crippen molar-refractivity contribution in [3.8, 4) is 0 Å². The van der Waals surface area contributed by atoms with Crippen LogP contribution in [0.25, 0.3) is 0 Å². The Morgan fingerprint density at radius 3 is 2.75 bits per heavy atom. The summed E-state index contributed by atoms with van der Waals surface area (Å²) < 4.78 is 10.6. The Kier molecular flexibility index (Phi) is 4.91. The summed E-state index contributed by atoms with van der Waals surface area (Å²) in [6.45, 7) is 7.49. The van der Waals surface area contributed by atoms with E-state index in [0.29, 0.717) is 18.1 Å². The van der Waals surface area contributed by atoms with Crippen molar-refractivity contribution in [3.63, 3.8) is 0 Å². The lowest BCUT2D eigenvalue weighted by Gasteiger charge is -2.28. The summed E-state index contributed by atoms with van der Waals surface area (Å²) in [6, 6.07) is 1.07. The predicted octanol–water partition coefficient (Wildman–Crippen LogP) is 2.15. The van der Waals surface area contributed by atoms with Crippen molar-refractivity contribution in [1.82, 2.24) is 10.2 Å². The quantitative estimate of drug-likeness (QED) is 0.786. The Balaban J connectivity index is 1.85. The number of hydrogen-bond donors (Lipinski definition) is 1. The molecule has 2 saturated heterocycles. The van der Waals surface area contributed by atoms with E-state index in [1.165, 1.54) is 0 Å². The van der Waals surface area contributed by atoms with Gasteiger partial charge in [0.25, 0.3) is 0 Å². The first-order valence-electron chi connectivity index (χ1n) is 7.66. The van der Waals surface area contributed by atoms with Crippen LogP contribution in [0.3, 0.4) is 0 Å². The van der Waals surface area contributed by atoms with E-state index in [0.717, 1.165) is 38.8 Å². The SMILES string of the molecule is COCCCNC1C[C@H]2CC[C@@H]1N2C(=O)OC(C)(C)C. The van der Waals surface area contributed by atoms with Gasteiger partial charge in [0.1, 0.15) is 5.60 Å². The fourth-order valence-electron chi connectivity index (χ4n) is 3.31. The number of fused-ring (bicyclic) bond motifs is 2. The molecule has 1 N–H and O–H groups in total. The van der Waals surface area contributed by atoms with Crippen LogP contribution in [0.15, 0.2) is 0 Å². The van der Waals surface area contributed by atoms with Crippen LogP contribution in [0.2, 0.25) is 0 Å². The average molecular weight is 284 g/mol. The second-order valence-electron chi connectivity index (χ2n) is 6.83. The monoisotopic (exact) mass is 284 g/mol. The molecular weight excluding hydrogens is 256 g/mol. The zero-order valence-electron chi connectivity index (χ0n) is 13.1. The summed E-state index contributed by atoms with van der Waals surface area (Å²) in [5.74, 6) is 0. The zero-order chi connectivity index (χ0) is 14.8. The van der Waals surface area contributed by atoms with Crippen molar-refractivity contribution < 1.29 is 14.3 Å². The molecule has 116 valence electrons. The number of amides is 1. The molecule has 2 aliphatic rings. The van der Waals surface area contributed by atoms with Gasteiger partial charge in [-0.2, -0.15) is 0 Å². The molecule has 2 rings (SSSR count). The second-order valence-corrected chi connectivity index (χ2v) is 6.83. The first kappa shape index (κ1) is 15.6. The molecular formula is C15H28N2O3. The third kappa shape index (κ3) is 3.64. The van der Waals surface area contributed by atoms with Gasteiger partial charge in [0.15, 0.2) is 0 Å². The van der Waals surface area contributed by atoms with Gasteiger partial charge >= 0.3 is 6.09 Å². The van der Waals surface area contributed by atoms with Gasteiger partial charge in [0.2, 0.25) is 0 Å². The minimum atomic E-state index is -0.416. The molecule has 0 aromatic rings. The molecule has 1 amide bonds. The van der Waals surface area contributed by atoms with E-state index < -0.39 is 5.60 Å². The normalized spacial score (nSPS) is 29.0. The summed E-state index contributed by atoms with van der Waals surface area (Å²) in [5.41, 5.74) is -0.416. The number of carbonyl (C=O) groups is 1. The van der Waals surface area contributed by atoms with E-state index in [9.17, 15) is 4.79 Å². The van der Waals surface area contributed by atoms with Gasteiger partial charge in [0, 0.05) is 25.8 Å². The first-order chi connectivity index (χ1) is 9.42. The van der Waals surface area contributed by atoms with Gasteiger partial charge in [0.05, 0.1) is 6.04 Å². The number of hydrogen-bond acceptors (Lipinski definition) is 4. The van der Waals surface area contributed by atoms with Crippen LogP contribution in [-0.4, -0.2) is 55.0 Å². The standard InChI is InChI=1S/C15H28N2O3/c1-15(2,3)20-14(18)17-11-6-7-13(17)12(10-11)16-8-5-9-19-4/h11-13,16H,5-10H2,1-4H3/t11-,12?,13+/m1/s1. The van der Waals surface area contributed by atoms with Crippen LogP contribution in [-0.2, 0) is 9.47 Å².